The zero-order valence-electron chi connectivity index (χ0n) is 13.0. The maximum atomic E-state index is 12.2. The average molecular weight is 349 g/mol. The fourth-order valence-electron chi connectivity index (χ4n) is 2.56. The number of nitrogens with zero attached hydrogens (tertiary/aromatic N) is 2. The van der Waals surface area contributed by atoms with Crippen molar-refractivity contribution in [3.05, 3.63) is 77.7 Å². The van der Waals surface area contributed by atoms with Crippen LogP contribution in [-0.2, 0) is 0 Å². The van der Waals surface area contributed by atoms with E-state index in [2.05, 4.69) is 20.3 Å². The van der Waals surface area contributed by atoms with E-state index in [-0.39, 0.29) is 5.91 Å². The number of nitrogens with one attached hydrogen (secondary N) is 2. The molecule has 2 heterocycles. The molecule has 2 N–H and O–H groups in total. The summed E-state index contributed by atoms with van der Waals surface area (Å²) in [4.78, 5) is 24.1. The van der Waals surface area contributed by atoms with Crippen molar-refractivity contribution in [2.24, 2.45) is 0 Å². The molecular formula is C19H13ClN4O. The molecule has 0 fully saturated rings. The van der Waals surface area contributed by atoms with Crippen molar-refractivity contribution in [1.82, 2.24) is 15.0 Å². The number of aromatic nitrogens is 3. The van der Waals surface area contributed by atoms with Gasteiger partial charge in [0.25, 0.3) is 5.91 Å². The highest BCUT2D eigenvalue weighted by Gasteiger charge is 2.11. The van der Waals surface area contributed by atoms with E-state index >= 15 is 0 Å². The molecule has 0 atom stereocenters. The van der Waals surface area contributed by atoms with Gasteiger partial charge >= 0.3 is 0 Å². The van der Waals surface area contributed by atoms with Crippen LogP contribution in [0.4, 0.5) is 5.69 Å². The van der Waals surface area contributed by atoms with Gasteiger partial charge in [-0.2, -0.15) is 0 Å². The van der Waals surface area contributed by atoms with Gasteiger partial charge in [-0.1, -0.05) is 23.7 Å². The summed E-state index contributed by atoms with van der Waals surface area (Å²) >= 11 is 6.33. The first-order valence-electron chi connectivity index (χ1n) is 7.67. The van der Waals surface area contributed by atoms with Crippen LogP contribution in [0.1, 0.15) is 10.5 Å². The summed E-state index contributed by atoms with van der Waals surface area (Å²) in [5, 5.41) is 3.39. The molecule has 122 valence electrons. The van der Waals surface area contributed by atoms with Crippen molar-refractivity contribution in [2.75, 3.05) is 5.32 Å². The molecule has 0 aliphatic rings. The summed E-state index contributed by atoms with van der Waals surface area (Å²) in [6.45, 7) is 0. The largest absolute Gasteiger partial charge is 0.357 e. The first-order chi connectivity index (χ1) is 12.2. The van der Waals surface area contributed by atoms with Gasteiger partial charge in [0.2, 0.25) is 0 Å². The van der Waals surface area contributed by atoms with Crippen molar-refractivity contribution in [2.45, 2.75) is 0 Å². The smallest absolute Gasteiger partial charge is 0.272 e. The summed E-state index contributed by atoms with van der Waals surface area (Å²) in [5.41, 5.74) is 4.09. The number of anilines is 1. The van der Waals surface area contributed by atoms with Crippen LogP contribution in [0.25, 0.3) is 22.3 Å². The monoisotopic (exact) mass is 348 g/mol. The lowest BCUT2D eigenvalue weighted by Crippen LogP contribution is -2.12. The number of para-hydroxylation sites is 2. The number of amides is 1. The van der Waals surface area contributed by atoms with Crippen LogP contribution in [-0.4, -0.2) is 20.9 Å². The van der Waals surface area contributed by atoms with E-state index in [4.69, 9.17) is 11.6 Å². The molecule has 0 aliphatic carbocycles. The number of aromatic amines is 1. The number of H-pyrrole nitrogens is 1. The zero-order chi connectivity index (χ0) is 17.2. The Kier molecular flexibility index (Phi) is 3.91. The minimum absolute atomic E-state index is 0.220. The van der Waals surface area contributed by atoms with Gasteiger partial charge in [0.15, 0.2) is 0 Å². The van der Waals surface area contributed by atoms with E-state index in [0.717, 1.165) is 11.0 Å². The van der Waals surface area contributed by atoms with Crippen molar-refractivity contribution in [3.8, 4) is 11.3 Å². The molecule has 25 heavy (non-hydrogen) atoms. The molecule has 4 rings (SSSR count). The number of benzene rings is 2. The van der Waals surface area contributed by atoms with Gasteiger partial charge in [-0.3, -0.25) is 9.78 Å². The van der Waals surface area contributed by atoms with Crippen LogP contribution < -0.4 is 5.32 Å². The molecule has 0 radical (unpaired) electrons. The van der Waals surface area contributed by atoms with Gasteiger partial charge in [0, 0.05) is 17.4 Å². The van der Waals surface area contributed by atoms with Crippen molar-refractivity contribution in [3.63, 3.8) is 0 Å². The minimum atomic E-state index is -0.220. The fraction of sp³-hybridized carbons (Fsp3) is 0. The molecule has 0 spiro atoms. The van der Waals surface area contributed by atoms with Crippen LogP contribution >= 0.6 is 11.6 Å². The number of carbonyl (C=O) groups excluding carboxylic acids is 1. The predicted molar refractivity (Wildman–Crippen MR) is 98.7 cm³/mol. The lowest BCUT2D eigenvalue weighted by atomic mass is 10.1. The lowest BCUT2D eigenvalue weighted by Gasteiger charge is -2.09. The number of carbonyl (C=O) groups is 1. The summed E-state index contributed by atoms with van der Waals surface area (Å²) in [5.74, 6) is -0.220. The first kappa shape index (κ1) is 15.4. The van der Waals surface area contributed by atoms with Crippen LogP contribution in [0.2, 0.25) is 5.02 Å². The van der Waals surface area contributed by atoms with E-state index in [9.17, 15) is 4.79 Å². The molecule has 2 aromatic carbocycles. The standard InChI is InChI=1S/C19H13ClN4O/c20-14-8-7-12(23-19(25)17-6-3-9-21-17)10-13(14)18-11-22-15-4-1-2-5-16(15)24-18/h1-11,21H,(H,23,25). The number of hydrogen-bond acceptors (Lipinski definition) is 3. The summed E-state index contributed by atoms with van der Waals surface area (Å²) in [6.07, 6.45) is 3.38. The molecule has 0 bridgehead atoms. The summed E-state index contributed by atoms with van der Waals surface area (Å²) in [6, 6.07) is 16.4. The quantitative estimate of drug-likeness (QED) is 0.571. The van der Waals surface area contributed by atoms with E-state index < -0.39 is 0 Å². The van der Waals surface area contributed by atoms with Crippen LogP contribution in [0.15, 0.2) is 67.0 Å². The fourth-order valence-corrected chi connectivity index (χ4v) is 2.77. The normalized spacial score (nSPS) is 10.8. The second kappa shape index (κ2) is 6.37. The second-order valence-electron chi connectivity index (χ2n) is 5.48. The van der Waals surface area contributed by atoms with Gasteiger partial charge in [-0.05, 0) is 42.5 Å². The Morgan fingerprint density at radius 1 is 1.04 bits per heavy atom. The lowest BCUT2D eigenvalue weighted by molar-refractivity contribution is 0.102. The molecule has 0 unspecified atom stereocenters. The third-order valence-corrected chi connectivity index (χ3v) is 4.12. The average Bonchev–Trinajstić information content (AvgIpc) is 3.18. The number of halogens is 1. The molecule has 6 heteroatoms. The molecule has 2 aromatic heterocycles. The SMILES string of the molecule is O=C(Nc1ccc(Cl)c(-c2cnc3ccccc3n2)c1)c1ccc[nH]1. The van der Waals surface area contributed by atoms with Crippen LogP contribution in [0.3, 0.4) is 0 Å². The molecule has 1 amide bonds. The van der Waals surface area contributed by atoms with Gasteiger partial charge in [0.05, 0.1) is 27.9 Å². The van der Waals surface area contributed by atoms with E-state index in [1.54, 1.807) is 42.7 Å². The van der Waals surface area contributed by atoms with E-state index in [0.29, 0.717) is 27.7 Å². The summed E-state index contributed by atoms with van der Waals surface area (Å²) < 4.78 is 0. The Morgan fingerprint density at radius 3 is 2.68 bits per heavy atom. The number of hydrogen-bond donors (Lipinski definition) is 2. The maximum Gasteiger partial charge on any atom is 0.272 e. The number of fused-ring (bicyclic) bond motifs is 1. The van der Waals surface area contributed by atoms with E-state index in [1.165, 1.54) is 0 Å². The highest BCUT2D eigenvalue weighted by molar-refractivity contribution is 6.33. The third kappa shape index (κ3) is 3.09. The van der Waals surface area contributed by atoms with Crippen LogP contribution in [0, 0.1) is 0 Å². The maximum absolute atomic E-state index is 12.2. The van der Waals surface area contributed by atoms with Gasteiger partial charge in [-0.15, -0.1) is 0 Å². The third-order valence-electron chi connectivity index (χ3n) is 3.79. The topological polar surface area (TPSA) is 70.7 Å². The second-order valence-corrected chi connectivity index (χ2v) is 5.88. The zero-order valence-corrected chi connectivity index (χ0v) is 13.8. The molecule has 0 aliphatic heterocycles. The Morgan fingerprint density at radius 2 is 1.88 bits per heavy atom. The molecule has 4 aromatic rings. The number of rotatable bonds is 3. The van der Waals surface area contributed by atoms with Crippen LogP contribution in [0.5, 0.6) is 0 Å². The highest BCUT2D eigenvalue weighted by Crippen LogP contribution is 2.30. The van der Waals surface area contributed by atoms with Crippen molar-refractivity contribution in [1.29, 1.82) is 0 Å². The summed E-state index contributed by atoms with van der Waals surface area (Å²) in [7, 11) is 0. The Balaban J connectivity index is 1.70. The van der Waals surface area contributed by atoms with Crippen molar-refractivity contribution >= 4 is 34.2 Å². The molecule has 5 nitrogen and oxygen atoms in total. The predicted octanol–water partition coefficient (Wildman–Crippen LogP) is 4.53. The Hall–Kier alpha value is -3.18. The first-order valence-corrected chi connectivity index (χ1v) is 8.05. The van der Waals surface area contributed by atoms with Crippen molar-refractivity contribution < 1.29 is 4.79 Å². The van der Waals surface area contributed by atoms with Gasteiger partial charge < -0.3 is 10.3 Å². The van der Waals surface area contributed by atoms with E-state index in [1.807, 2.05) is 24.3 Å². The minimum Gasteiger partial charge on any atom is -0.357 e. The Labute approximate surface area is 148 Å². The Bertz CT molecular complexity index is 1060. The molecule has 0 saturated carbocycles. The van der Waals surface area contributed by atoms with Gasteiger partial charge in [0.1, 0.15) is 5.69 Å². The highest BCUT2D eigenvalue weighted by atomic mass is 35.5. The molecule has 0 saturated heterocycles. The molecular weight excluding hydrogens is 336 g/mol. The van der Waals surface area contributed by atoms with Gasteiger partial charge in [-0.25, -0.2) is 4.98 Å².